The molecule has 3 rings (SSSR count). The van der Waals surface area contributed by atoms with E-state index in [1.807, 2.05) is 41.7 Å². The molecule has 0 amide bonds. The Kier molecular flexibility index (Phi) is 3.63. The molecular formula is C12H14ClN3S2. The van der Waals surface area contributed by atoms with Gasteiger partial charge in [-0.15, -0.1) is 0 Å². The van der Waals surface area contributed by atoms with E-state index in [4.69, 9.17) is 17.3 Å². The topological polar surface area (TPSA) is 43.8 Å². The molecule has 96 valence electrons. The lowest BCUT2D eigenvalue weighted by molar-refractivity contribution is 0.724. The molecule has 1 aliphatic rings. The van der Waals surface area contributed by atoms with Crippen LogP contribution in [0.5, 0.6) is 0 Å². The molecule has 1 aliphatic heterocycles. The van der Waals surface area contributed by atoms with Crippen molar-refractivity contribution in [3.63, 3.8) is 0 Å². The fourth-order valence-corrected chi connectivity index (χ4v) is 5.11. The molecule has 0 spiro atoms. The van der Waals surface area contributed by atoms with E-state index < -0.39 is 0 Å². The van der Waals surface area contributed by atoms with Gasteiger partial charge in [0, 0.05) is 29.1 Å². The number of fused-ring (bicyclic) bond motifs is 1. The van der Waals surface area contributed by atoms with Gasteiger partial charge in [-0.1, -0.05) is 17.7 Å². The molecule has 1 fully saturated rings. The minimum atomic E-state index is 0.564. The second-order valence-electron chi connectivity index (χ2n) is 4.26. The van der Waals surface area contributed by atoms with Gasteiger partial charge in [-0.3, -0.25) is 0 Å². The van der Waals surface area contributed by atoms with Crippen LogP contribution in [0.1, 0.15) is 0 Å². The lowest BCUT2D eigenvalue weighted by Gasteiger charge is -2.22. The number of para-hydroxylation sites is 1. The summed E-state index contributed by atoms with van der Waals surface area (Å²) in [6.45, 7) is 0.893. The Morgan fingerprint density at radius 1 is 1.44 bits per heavy atom. The quantitative estimate of drug-likeness (QED) is 0.925. The van der Waals surface area contributed by atoms with Crippen LogP contribution in [-0.4, -0.2) is 32.1 Å². The average Bonchev–Trinajstić information content (AvgIpc) is 2.69. The molecule has 0 aliphatic carbocycles. The first-order valence-corrected chi connectivity index (χ1v) is 8.43. The lowest BCUT2D eigenvalue weighted by atomic mass is 10.3. The minimum absolute atomic E-state index is 0.564. The number of nitrogen functional groups attached to an aromatic ring is 1. The van der Waals surface area contributed by atoms with Crippen molar-refractivity contribution in [1.29, 1.82) is 0 Å². The minimum Gasteiger partial charge on any atom is -0.369 e. The maximum atomic E-state index is 6.26. The SMILES string of the molecule is Nc1nc2cccc(Cl)c2n1CC1CSCCS1. The van der Waals surface area contributed by atoms with Crippen LogP contribution in [0.2, 0.25) is 5.02 Å². The first-order chi connectivity index (χ1) is 8.75. The third-order valence-electron chi connectivity index (χ3n) is 3.02. The van der Waals surface area contributed by atoms with Crippen LogP contribution >= 0.6 is 35.1 Å². The predicted octanol–water partition coefficient (Wildman–Crippen LogP) is 3.12. The van der Waals surface area contributed by atoms with Crippen molar-refractivity contribution < 1.29 is 0 Å². The summed E-state index contributed by atoms with van der Waals surface area (Å²) < 4.78 is 2.06. The number of nitrogens with zero attached hydrogens (tertiary/aromatic N) is 2. The van der Waals surface area contributed by atoms with E-state index in [-0.39, 0.29) is 0 Å². The number of benzene rings is 1. The van der Waals surface area contributed by atoms with Crippen molar-refractivity contribution in [2.45, 2.75) is 11.8 Å². The van der Waals surface area contributed by atoms with E-state index in [9.17, 15) is 0 Å². The standard InChI is InChI=1S/C12H14ClN3S2/c13-9-2-1-3-10-11(9)16(12(14)15-10)6-8-7-17-4-5-18-8/h1-3,8H,4-7H2,(H2,14,15). The summed E-state index contributed by atoms with van der Waals surface area (Å²) in [7, 11) is 0. The Labute approximate surface area is 119 Å². The fraction of sp³-hybridized carbons (Fsp3) is 0.417. The number of nitrogens with two attached hydrogens (primary N) is 1. The van der Waals surface area contributed by atoms with Gasteiger partial charge in [0.25, 0.3) is 0 Å². The van der Waals surface area contributed by atoms with Gasteiger partial charge in [0.2, 0.25) is 5.95 Å². The summed E-state index contributed by atoms with van der Waals surface area (Å²) in [5.41, 5.74) is 7.86. The van der Waals surface area contributed by atoms with Crippen LogP contribution in [-0.2, 0) is 6.54 Å². The number of imidazole rings is 1. The third-order valence-corrected chi connectivity index (χ3v) is 6.15. The van der Waals surface area contributed by atoms with Crippen molar-refractivity contribution >= 4 is 52.1 Å². The van der Waals surface area contributed by atoms with E-state index in [0.717, 1.165) is 22.6 Å². The Hall–Kier alpha value is -0.520. The van der Waals surface area contributed by atoms with Crippen molar-refractivity contribution in [2.75, 3.05) is 23.0 Å². The van der Waals surface area contributed by atoms with Gasteiger partial charge in [0.15, 0.2) is 0 Å². The van der Waals surface area contributed by atoms with Gasteiger partial charge >= 0.3 is 0 Å². The molecule has 0 radical (unpaired) electrons. The Morgan fingerprint density at radius 2 is 2.33 bits per heavy atom. The normalized spacial score (nSPS) is 20.4. The monoisotopic (exact) mass is 299 g/mol. The van der Waals surface area contributed by atoms with Gasteiger partial charge in [0.05, 0.1) is 16.1 Å². The number of anilines is 1. The Bertz CT molecular complexity index is 564. The van der Waals surface area contributed by atoms with E-state index in [0.29, 0.717) is 11.2 Å². The largest absolute Gasteiger partial charge is 0.369 e. The summed E-state index contributed by atoms with van der Waals surface area (Å²) in [4.78, 5) is 4.38. The maximum absolute atomic E-state index is 6.26. The Balaban J connectivity index is 1.97. The zero-order valence-electron chi connectivity index (χ0n) is 9.80. The highest BCUT2D eigenvalue weighted by Crippen LogP contribution is 2.30. The molecule has 18 heavy (non-hydrogen) atoms. The van der Waals surface area contributed by atoms with Gasteiger partial charge in [-0.25, -0.2) is 4.98 Å². The molecule has 2 aromatic rings. The summed E-state index contributed by atoms with van der Waals surface area (Å²) in [6.07, 6.45) is 0. The molecule has 1 unspecified atom stereocenters. The first-order valence-electron chi connectivity index (χ1n) is 5.85. The summed E-state index contributed by atoms with van der Waals surface area (Å²) >= 11 is 10.3. The highest BCUT2D eigenvalue weighted by Gasteiger charge is 2.18. The second-order valence-corrected chi connectivity index (χ2v) is 7.22. The molecule has 6 heteroatoms. The van der Waals surface area contributed by atoms with Crippen molar-refractivity contribution in [3.8, 4) is 0 Å². The molecular weight excluding hydrogens is 286 g/mol. The van der Waals surface area contributed by atoms with Gasteiger partial charge in [-0.2, -0.15) is 23.5 Å². The zero-order chi connectivity index (χ0) is 12.5. The number of hydrogen-bond acceptors (Lipinski definition) is 4. The molecule has 2 heterocycles. The number of rotatable bonds is 2. The van der Waals surface area contributed by atoms with Crippen LogP contribution < -0.4 is 5.73 Å². The van der Waals surface area contributed by atoms with Crippen LogP contribution in [0, 0.1) is 0 Å². The van der Waals surface area contributed by atoms with E-state index in [2.05, 4.69) is 9.55 Å². The summed E-state index contributed by atoms with van der Waals surface area (Å²) in [6, 6.07) is 5.76. The highest BCUT2D eigenvalue weighted by molar-refractivity contribution is 8.06. The van der Waals surface area contributed by atoms with Crippen LogP contribution in [0.25, 0.3) is 11.0 Å². The molecule has 2 N–H and O–H groups in total. The van der Waals surface area contributed by atoms with Crippen LogP contribution in [0.15, 0.2) is 18.2 Å². The highest BCUT2D eigenvalue weighted by atomic mass is 35.5. The third kappa shape index (κ3) is 2.31. The number of halogens is 1. The number of thioether (sulfide) groups is 2. The van der Waals surface area contributed by atoms with E-state index >= 15 is 0 Å². The van der Waals surface area contributed by atoms with Crippen LogP contribution in [0.4, 0.5) is 5.95 Å². The van der Waals surface area contributed by atoms with Crippen molar-refractivity contribution in [2.24, 2.45) is 0 Å². The molecule has 3 nitrogen and oxygen atoms in total. The van der Waals surface area contributed by atoms with Gasteiger partial charge < -0.3 is 10.3 Å². The number of aromatic nitrogens is 2. The second kappa shape index (κ2) is 5.23. The maximum Gasteiger partial charge on any atom is 0.201 e. The molecule has 1 saturated heterocycles. The Morgan fingerprint density at radius 3 is 3.11 bits per heavy atom. The van der Waals surface area contributed by atoms with Gasteiger partial charge in [-0.05, 0) is 12.1 Å². The van der Waals surface area contributed by atoms with E-state index in [1.165, 1.54) is 17.3 Å². The van der Waals surface area contributed by atoms with Crippen molar-refractivity contribution in [3.05, 3.63) is 23.2 Å². The summed E-state index contributed by atoms with van der Waals surface area (Å²) in [5, 5.41) is 1.32. The molecule has 1 aromatic heterocycles. The fourth-order valence-electron chi connectivity index (χ4n) is 2.19. The van der Waals surface area contributed by atoms with Gasteiger partial charge in [0.1, 0.15) is 0 Å². The van der Waals surface area contributed by atoms with Crippen molar-refractivity contribution in [1.82, 2.24) is 9.55 Å². The molecule has 1 atom stereocenters. The number of hydrogen-bond donors (Lipinski definition) is 1. The van der Waals surface area contributed by atoms with E-state index in [1.54, 1.807) is 0 Å². The molecule has 0 saturated carbocycles. The summed E-state index contributed by atoms with van der Waals surface area (Å²) in [5.74, 6) is 4.21. The average molecular weight is 300 g/mol. The molecule has 1 aromatic carbocycles. The first kappa shape index (κ1) is 12.5. The van der Waals surface area contributed by atoms with Crippen LogP contribution in [0.3, 0.4) is 0 Å². The zero-order valence-corrected chi connectivity index (χ0v) is 12.2. The predicted molar refractivity (Wildman–Crippen MR) is 82.7 cm³/mol. The smallest absolute Gasteiger partial charge is 0.201 e. The lowest BCUT2D eigenvalue weighted by Crippen LogP contribution is -2.21. The molecule has 0 bridgehead atoms.